The van der Waals surface area contributed by atoms with Gasteiger partial charge in [0.1, 0.15) is 17.7 Å². The zero-order valence-corrected chi connectivity index (χ0v) is 17.1. The van der Waals surface area contributed by atoms with E-state index < -0.39 is 28.5 Å². The molecule has 3 N–H and O–H groups in total. The third-order valence-corrected chi connectivity index (χ3v) is 4.99. The number of imidazole rings is 1. The molecule has 5 rings (SSSR count). The summed E-state index contributed by atoms with van der Waals surface area (Å²) in [7, 11) is 0. The molecule has 0 aliphatic carbocycles. The summed E-state index contributed by atoms with van der Waals surface area (Å²) in [5, 5.41) is 2.40. The Morgan fingerprint density at radius 3 is 2.59 bits per heavy atom. The zero-order valence-electron chi connectivity index (χ0n) is 17.1. The van der Waals surface area contributed by atoms with Crippen LogP contribution in [0, 0.1) is 5.82 Å². The van der Waals surface area contributed by atoms with Crippen molar-refractivity contribution in [1.82, 2.24) is 29.6 Å². The standard InChI is InChI=1S/C21H14F4N8O/c22-11-4-6-12(7-5-11)32-33-15(8-26-18-17-19(28-9-27-17)30-10-29-18)31-14-3-1-2-13(21(23,24)25)16(14)20(33)34/h1-7,9-10,32H,8H2,(H2,26,27,28,29,30). The van der Waals surface area contributed by atoms with Crippen LogP contribution in [0.25, 0.3) is 22.1 Å². The van der Waals surface area contributed by atoms with Crippen molar-refractivity contribution in [2.75, 3.05) is 10.7 Å². The predicted octanol–water partition coefficient (Wildman–Crippen LogP) is 3.71. The summed E-state index contributed by atoms with van der Waals surface area (Å²) in [6.07, 6.45) is -2.04. The van der Waals surface area contributed by atoms with Gasteiger partial charge in [0.15, 0.2) is 17.3 Å². The van der Waals surface area contributed by atoms with Crippen LogP contribution in [0.3, 0.4) is 0 Å². The van der Waals surface area contributed by atoms with E-state index in [2.05, 4.69) is 35.7 Å². The molecule has 0 saturated carbocycles. The van der Waals surface area contributed by atoms with Crippen LogP contribution < -0.4 is 16.3 Å². The van der Waals surface area contributed by atoms with E-state index >= 15 is 0 Å². The fraction of sp³-hybridized carbons (Fsp3) is 0.0952. The van der Waals surface area contributed by atoms with Gasteiger partial charge in [-0.3, -0.25) is 10.2 Å². The van der Waals surface area contributed by atoms with Crippen molar-refractivity contribution < 1.29 is 17.6 Å². The van der Waals surface area contributed by atoms with Crippen LogP contribution in [0.1, 0.15) is 11.4 Å². The monoisotopic (exact) mass is 470 g/mol. The van der Waals surface area contributed by atoms with E-state index in [1.165, 1.54) is 36.9 Å². The molecule has 0 radical (unpaired) electrons. The molecule has 0 atom stereocenters. The average Bonchev–Trinajstić information content (AvgIpc) is 3.29. The van der Waals surface area contributed by atoms with Crippen LogP contribution in [0.15, 0.2) is 59.9 Å². The highest BCUT2D eigenvalue weighted by Gasteiger charge is 2.34. The number of hydrogen-bond donors (Lipinski definition) is 3. The van der Waals surface area contributed by atoms with Gasteiger partial charge in [-0.25, -0.2) is 29.0 Å². The molecule has 9 nitrogen and oxygen atoms in total. The van der Waals surface area contributed by atoms with E-state index in [1.807, 2.05) is 0 Å². The van der Waals surface area contributed by atoms with Crippen molar-refractivity contribution in [1.29, 1.82) is 0 Å². The normalized spacial score (nSPS) is 11.8. The second kappa shape index (κ2) is 8.10. The largest absolute Gasteiger partial charge is 0.417 e. The first-order chi connectivity index (χ1) is 16.3. The summed E-state index contributed by atoms with van der Waals surface area (Å²) in [6.45, 7) is -0.0965. The molecule has 13 heteroatoms. The molecule has 172 valence electrons. The molecular weight excluding hydrogens is 456 g/mol. The number of aromatic nitrogens is 6. The van der Waals surface area contributed by atoms with E-state index in [0.717, 1.165) is 22.9 Å². The Morgan fingerprint density at radius 2 is 1.82 bits per heavy atom. The van der Waals surface area contributed by atoms with Crippen molar-refractivity contribution in [3.63, 3.8) is 0 Å². The lowest BCUT2D eigenvalue weighted by atomic mass is 10.1. The fourth-order valence-electron chi connectivity index (χ4n) is 3.46. The Morgan fingerprint density at radius 1 is 1.03 bits per heavy atom. The molecule has 0 amide bonds. The predicted molar refractivity (Wildman–Crippen MR) is 115 cm³/mol. The molecular formula is C21H14F4N8O. The molecule has 0 spiro atoms. The smallest absolute Gasteiger partial charge is 0.361 e. The highest BCUT2D eigenvalue weighted by Crippen LogP contribution is 2.33. The topological polar surface area (TPSA) is 113 Å². The number of benzene rings is 2. The Balaban J connectivity index is 1.63. The lowest BCUT2D eigenvalue weighted by Crippen LogP contribution is -2.33. The minimum Gasteiger partial charge on any atom is -0.361 e. The molecule has 0 aliphatic heterocycles. The van der Waals surface area contributed by atoms with E-state index in [-0.39, 0.29) is 23.6 Å². The van der Waals surface area contributed by atoms with Gasteiger partial charge in [-0.15, -0.1) is 0 Å². The summed E-state index contributed by atoms with van der Waals surface area (Å²) >= 11 is 0. The summed E-state index contributed by atoms with van der Waals surface area (Å²) in [5.74, 6) is -0.0928. The molecule has 34 heavy (non-hydrogen) atoms. The summed E-state index contributed by atoms with van der Waals surface area (Å²) in [6, 6.07) is 8.32. The second-order valence-corrected chi connectivity index (χ2v) is 7.16. The molecule has 2 aromatic carbocycles. The minimum absolute atomic E-state index is 0.0624. The highest BCUT2D eigenvalue weighted by atomic mass is 19.4. The number of nitrogens with zero attached hydrogens (tertiary/aromatic N) is 5. The third kappa shape index (κ3) is 3.87. The number of alkyl halides is 3. The maximum atomic E-state index is 13.6. The van der Waals surface area contributed by atoms with Crippen LogP contribution in [-0.2, 0) is 12.7 Å². The van der Waals surface area contributed by atoms with E-state index in [0.29, 0.717) is 17.0 Å². The van der Waals surface area contributed by atoms with E-state index in [9.17, 15) is 22.4 Å². The highest BCUT2D eigenvalue weighted by molar-refractivity contribution is 5.83. The maximum Gasteiger partial charge on any atom is 0.417 e. The lowest BCUT2D eigenvalue weighted by Gasteiger charge is -2.18. The fourth-order valence-corrected chi connectivity index (χ4v) is 3.46. The number of nitrogens with one attached hydrogen (secondary N) is 3. The van der Waals surface area contributed by atoms with Gasteiger partial charge in [-0.05, 0) is 36.4 Å². The average molecular weight is 470 g/mol. The molecule has 5 aromatic rings. The van der Waals surface area contributed by atoms with Crippen LogP contribution in [0.4, 0.5) is 29.1 Å². The van der Waals surface area contributed by atoms with Crippen LogP contribution >= 0.6 is 0 Å². The van der Waals surface area contributed by atoms with Crippen molar-refractivity contribution >= 4 is 33.6 Å². The van der Waals surface area contributed by atoms with Crippen molar-refractivity contribution in [2.24, 2.45) is 0 Å². The van der Waals surface area contributed by atoms with Gasteiger partial charge >= 0.3 is 6.18 Å². The first kappa shape index (κ1) is 21.3. The van der Waals surface area contributed by atoms with Gasteiger partial charge in [0.05, 0.1) is 35.0 Å². The number of rotatable bonds is 5. The van der Waals surface area contributed by atoms with E-state index in [4.69, 9.17) is 0 Å². The van der Waals surface area contributed by atoms with E-state index in [1.54, 1.807) is 0 Å². The first-order valence-corrected chi connectivity index (χ1v) is 9.83. The van der Waals surface area contributed by atoms with Gasteiger partial charge < -0.3 is 10.3 Å². The van der Waals surface area contributed by atoms with Crippen molar-refractivity contribution in [2.45, 2.75) is 12.7 Å². The number of aromatic amines is 1. The Hall–Kier alpha value is -4.55. The molecule has 0 bridgehead atoms. The van der Waals surface area contributed by atoms with Gasteiger partial charge in [-0.1, -0.05) is 6.07 Å². The molecule has 0 saturated heterocycles. The third-order valence-electron chi connectivity index (χ3n) is 4.99. The number of anilines is 2. The summed E-state index contributed by atoms with van der Waals surface area (Å²) in [4.78, 5) is 32.7. The van der Waals surface area contributed by atoms with Crippen molar-refractivity contribution in [3.05, 3.63) is 82.7 Å². The number of H-pyrrole nitrogens is 1. The maximum absolute atomic E-state index is 13.6. The van der Waals surface area contributed by atoms with Gasteiger partial charge in [-0.2, -0.15) is 13.2 Å². The lowest BCUT2D eigenvalue weighted by molar-refractivity contribution is -0.136. The van der Waals surface area contributed by atoms with Crippen LogP contribution in [0.5, 0.6) is 0 Å². The SMILES string of the molecule is O=c1c2c(C(F)(F)F)cccc2nc(CNc2ncnc3nc[nH]c23)n1Nc1ccc(F)cc1. The van der Waals surface area contributed by atoms with Gasteiger partial charge in [0.25, 0.3) is 5.56 Å². The van der Waals surface area contributed by atoms with Crippen molar-refractivity contribution in [3.8, 4) is 0 Å². The molecule has 0 unspecified atom stereocenters. The molecule has 3 heterocycles. The second-order valence-electron chi connectivity index (χ2n) is 7.16. The number of hydrogen-bond acceptors (Lipinski definition) is 7. The zero-order chi connectivity index (χ0) is 23.9. The quantitative estimate of drug-likeness (QED) is 0.336. The van der Waals surface area contributed by atoms with Crippen LogP contribution in [0.2, 0.25) is 0 Å². The minimum atomic E-state index is -4.76. The summed E-state index contributed by atoms with van der Waals surface area (Å²) < 4.78 is 55.1. The Labute approximate surface area is 187 Å². The Bertz CT molecular complexity index is 1560. The van der Waals surface area contributed by atoms with Crippen LogP contribution in [-0.4, -0.2) is 29.6 Å². The molecule has 3 aromatic heterocycles. The van der Waals surface area contributed by atoms with Gasteiger partial charge in [0, 0.05) is 0 Å². The van der Waals surface area contributed by atoms with Gasteiger partial charge in [0.2, 0.25) is 0 Å². The Kier molecular flexibility index (Phi) is 5.07. The first-order valence-electron chi connectivity index (χ1n) is 9.83. The summed E-state index contributed by atoms with van der Waals surface area (Å²) in [5.41, 5.74) is 1.71. The number of halogens is 4. The molecule has 0 aliphatic rings. The number of fused-ring (bicyclic) bond motifs is 2. The molecule has 0 fully saturated rings.